The highest BCUT2D eigenvalue weighted by Crippen LogP contribution is 2.44. The summed E-state index contributed by atoms with van der Waals surface area (Å²) in [6.45, 7) is 1.92. The quantitative estimate of drug-likeness (QED) is 0.550. The van der Waals surface area contributed by atoms with Crippen LogP contribution in [-0.4, -0.2) is 32.0 Å². The van der Waals surface area contributed by atoms with Crippen LogP contribution in [0.3, 0.4) is 0 Å². The molecule has 0 saturated heterocycles. The monoisotopic (exact) mass is 463 g/mol. The Morgan fingerprint density at radius 2 is 1.52 bits per heavy atom. The van der Waals surface area contributed by atoms with Gasteiger partial charge in [0.2, 0.25) is 9.84 Å². The van der Waals surface area contributed by atoms with Crippen molar-refractivity contribution in [2.75, 3.05) is 11.5 Å². The van der Waals surface area contributed by atoms with Gasteiger partial charge in [0.15, 0.2) is 5.76 Å². The summed E-state index contributed by atoms with van der Waals surface area (Å²) in [7, 11) is -4.19. The van der Waals surface area contributed by atoms with Crippen LogP contribution in [0.15, 0.2) is 100 Å². The van der Waals surface area contributed by atoms with Crippen molar-refractivity contribution in [2.45, 2.75) is 17.9 Å². The topological polar surface area (TPSA) is 101 Å². The SMILES string of the molecule is CCOC(=O)c1ccc(N2C(=O)C(O)=C(S(=O)(=O)c3ccccc3)C2c2ccccc2)cc1. The number of aliphatic hydroxyl groups excluding tert-OH is 1. The normalized spacial score (nSPS) is 16.2. The lowest BCUT2D eigenvalue weighted by atomic mass is 10.1. The second-order valence-electron chi connectivity index (χ2n) is 7.29. The summed E-state index contributed by atoms with van der Waals surface area (Å²) in [5, 5.41) is 10.8. The van der Waals surface area contributed by atoms with Crippen molar-refractivity contribution in [1.82, 2.24) is 0 Å². The van der Waals surface area contributed by atoms with Crippen molar-refractivity contribution in [1.29, 1.82) is 0 Å². The average Bonchev–Trinajstić information content (AvgIpc) is 3.11. The number of rotatable bonds is 6. The maximum absolute atomic E-state index is 13.5. The van der Waals surface area contributed by atoms with Gasteiger partial charge in [-0.3, -0.25) is 9.69 Å². The van der Waals surface area contributed by atoms with E-state index < -0.39 is 33.5 Å². The summed E-state index contributed by atoms with van der Waals surface area (Å²) >= 11 is 0. The summed E-state index contributed by atoms with van der Waals surface area (Å²) in [6, 6.07) is 21.2. The van der Waals surface area contributed by atoms with Crippen LogP contribution >= 0.6 is 0 Å². The highest BCUT2D eigenvalue weighted by molar-refractivity contribution is 7.95. The van der Waals surface area contributed by atoms with Gasteiger partial charge >= 0.3 is 5.97 Å². The average molecular weight is 464 g/mol. The first kappa shape index (κ1) is 22.3. The van der Waals surface area contributed by atoms with E-state index in [0.29, 0.717) is 11.3 Å². The number of aliphatic hydroxyl groups is 1. The lowest BCUT2D eigenvalue weighted by Crippen LogP contribution is -2.31. The van der Waals surface area contributed by atoms with Crippen LogP contribution < -0.4 is 4.90 Å². The fourth-order valence-corrected chi connectivity index (χ4v) is 5.41. The van der Waals surface area contributed by atoms with Gasteiger partial charge in [0, 0.05) is 5.69 Å². The molecule has 3 aromatic rings. The van der Waals surface area contributed by atoms with Gasteiger partial charge in [-0.05, 0) is 48.9 Å². The van der Waals surface area contributed by atoms with Gasteiger partial charge in [-0.1, -0.05) is 48.5 Å². The predicted molar refractivity (Wildman–Crippen MR) is 122 cm³/mol. The number of carbonyl (C=O) groups is 2. The van der Waals surface area contributed by atoms with Crippen molar-refractivity contribution in [2.24, 2.45) is 0 Å². The standard InChI is InChI=1S/C25H21NO6S/c1-2-32-25(29)18-13-15-19(16-14-18)26-21(17-9-5-3-6-10-17)23(22(27)24(26)28)33(30,31)20-11-7-4-8-12-20/h3-16,21,27H,2H2,1H3. The fourth-order valence-electron chi connectivity index (χ4n) is 3.76. The predicted octanol–water partition coefficient (Wildman–Crippen LogP) is 4.19. The first-order chi connectivity index (χ1) is 15.9. The number of hydrogen-bond acceptors (Lipinski definition) is 6. The number of anilines is 1. The van der Waals surface area contributed by atoms with Crippen molar-refractivity contribution >= 4 is 27.4 Å². The molecule has 1 aliphatic heterocycles. The van der Waals surface area contributed by atoms with E-state index in [9.17, 15) is 23.1 Å². The number of hydrogen-bond donors (Lipinski definition) is 1. The van der Waals surface area contributed by atoms with Crippen LogP contribution in [0.2, 0.25) is 0 Å². The van der Waals surface area contributed by atoms with Gasteiger partial charge < -0.3 is 9.84 Å². The minimum Gasteiger partial charge on any atom is -0.502 e. The smallest absolute Gasteiger partial charge is 0.338 e. The third-order valence-electron chi connectivity index (χ3n) is 5.28. The molecule has 168 valence electrons. The van der Waals surface area contributed by atoms with Gasteiger partial charge in [0.05, 0.1) is 17.1 Å². The number of ether oxygens (including phenoxy) is 1. The molecule has 0 radical (unpaired) electrons. The third-order valence-corrected chi connectivity index (χ3v) is 7.16. The van der Waals surface area contributed by atoms with Gasteiger partial charge in [-0.25, -0.2) is 13.2 Å². The Morgan fingerprint density at radius 3 is 2.09 bits per heavy atom. The maximum Gasteiger partial charge on any atom is 0.338 e. The number of sulfone groups is 1. The van der Waals surface area contributed by atoms with Crippen LogP contribution in [-0.2, 0) is 19.4 Å². The highest BCUT2D eigenvalue weighted by Gasteiger charge is 2.47. The summed E-state index contributed by atoms with van der Waals surface area (Å²) in [4.78, 5) is 26.0. The van der Waals surface area contributed by atoms with Gasteiger partial charge in [0.25, 0.3) is 5.91 Å². The van der Waals surface area contributed by atoms with Crippen LogP contribution in [0.5, 0.6) is 0 Å². The van der Waals surface area contributed by atoms with E-state index in [1.54, 1.807) is 55.5 Å². The van der Waals surface area contributed by atoms with Crippen molar-refractivity contribution in [3.05, 3.63) is 107 Å². The molecule has 1 amide bonds. The molecule has 1 unspecified atom stereocenters. The largest absolute Gasteiger partial charge is 0.502 e. The number of nitrogens with zero attached hydrogens (tertiary/aromatic N) is 1. The lowest BCUT2D eigenvalue weighted by molar-refractivity contribution is -0.117. The zero-order valence-electron chi connectivity index (χ0n) is 17.7. The Hall–Kier alpha value is -3.91. The molecule has 0 aromatic heterocycles. The lowest BCUT2D eigenvalue weighted by Gasteiger charge is -2.27. The van der Waals surface area contributed by atoms with Crippen molar-refractivity contribution < 1.29 is 27.9 Å². The van der Waals surface area contributed by atoms with Gasteiger partial charge in [-0.15, -0.1) is 0 Å². The van der Waals surface area contributed by atoms with E-state index in [0.717, 1.165) is 0 Å². The first-order valence-corrected chi connectivity index (χ1v) is 11.7. The zero-order chi connectivity index (χ0) is 23.6. The molecular formula is C25H21NO6S. The van der Waals surface area contributed by atoms with Crippen LogP contribution in [0.25, 0.3) is 0 Å². The van der Waals surface area contributed by atoms with Gasteiger partial charge in [0.1, 0.15) is 10.9 Å². The Kier molecular flexibility index (Phi) is 6.02. The maximum atomic E-state index is 13.5. The first-order valence-electron chi connectivity index (χ1n) is 10.2. The second kappa shape index (κ2) is 8.91. The molecule has 1 N–H and O–H groups in total. The summed E-state index contributed by atoms with van der Waals surface area (Å²) in [5.41, 5.74) is 1.13. The molecule has 1 aliphatic rings. The molecule has 7 nitrogen and oxygen atoms in total. The van der Waals surface area contributed by atoms with E-state index in [1.807, 2.05) is 0 Å². The molecule has 8 heteroatoms. The van der Waals surface area contributed by atoms with Crippen molar-refractivity contribution in [3.8, 4) is 0 Å². The fraction of sp³-hybridized carbons (Fsp3) is 0.120. The molecule has 3 aromatic carbocycles. The number of benzene rings is 3. The Morgan fingerprint density at radius 1 is 0.939 bits per heavy atom. The van der Waals surface area contributed by atoms with E-state index >= 15 is 0 Å². The molecule has 4 rings (SSSR count). The Balaban J connectivity index is 1.84. The second-order valence-corrected chi connectivity index (χ2v) is 9.20. The molecule has 1 heterocycles. The summed E-state index contributed by atoms with van der Waals surface area (Å²) in [5.74, 6) is -2.19. The van der Waals surface area contributed by atoms with E-state index in [4.69, 9.17) is 4.74 Å². The summed E-state index contributed by atoms with van der Waals surface area (Å²) in [6.07, 6.45) is 0. The molecule has 0 saturated carbocycles. The third kappa shape index (κ3) is 4.01. The molecular weight excluding hydrogens is 442 g/mol. The molecule has 1 atom stereocenters. The molecule has 0 spiro atoms. The van der Waals surface area contributed by atoms with Crippen LogP contribution in [0.1, 0.15) is 28.9 Å². The molecule has 0 bridgehead atoms. The molecule has 0 aliphatic carbocycles. The Labute approximate surface area is 191 Å². The van der Waals surface area contributed by atoms with Gasteiger partial charge in [-0.2, -0.15) is 0 Å². The zero-order valence-corrected chi connectivity index (χ0v) is 18.5. The minimum absolute atomic E-state index is 0.0280. The summed E-state index contributed by atoms with van der Waals surface area (Å²) < 4.78 is 32.0. The van der Waals surface area contributed by atoms with E-state index in [1.165, 1.54) is 41.3 Å². The number of carbonyl (C=O) groups excluding carboxylic acids is 2. The number of esters is 1. The minimum atomic E-state index is -4.19. The van der Waals surface area contributed by atoms with Crippen LogP contribution in [0.4, 0.5) is 5.69 Å². The molecule has 0 fully saturated rings. The molecule has 33 heavy (non-hydrogen) atoms. The highest BCUT2D eigenvalue weighted by atomic mass is 32.2. The van der Waals surface area contributed by atoms with E-state index in [-0.39, 0.29) is 22.0 Å². The number of amides is 1. The van der Waals surface area contributed by atoms with Crippen LogP contribution in [0, 0.1) is 0 Å². The van der Waals surface area contributed by atoms with Crippen molar-refractivity contribution in [3.63, 3.8) is 0 Å². The van der Waals surface area contributed by atoms with E-state index in [2.05, 4.69) is 0 Å². The Bertz CT molecular complexity index is 1320.